The smallest absolute Gasteiger partial charge is 0.305 e. The van der Waals surface area contributed by atoms with Gasteiger partial charge in [-0.3, -0.25) is 4.79 Å². The third-order valence-electron chi connectivity index (χ3n) is 2.25. The molecule has 0 radical (unpaired) electrons. The number of hydrogen-bond donors (Lipinski definition) is 0. The second-order valence-electron chi connectivity index (χ2n) is 2.94. The first-order valence-electron chi connectivity index (χ1n) is 3.84. The molecule has 0 aromatic rings. The van der Waals surface area contributed by atoms with Gasteiger partial charge in [-0.05, 0) is 18.3 Å². The number of carbonyl (C=O) groups is 1. The number of carbonyl (C=O) groups excluding carboxylic acids is 1. The van der Waals surface area contributed by atoms with E-state index in [1.165, 1.54) is 20.0 Å². The lowest BCUT2D eigenvalue weighted by Gasteiger charge is -1.95. The van der Waals surface area contributed by atoms with Crippen molar-refractivity contribution in [3.05, 3.63) is 0 Å². The van der Waals surface area contributed by atoms with Gasteiger partial charge in [0.15, 0.2) is 0 Å². The van der Waals surface area contributed by atoms with Crippen LogP contribution in [0.3, 0.4) is 0 Å². The van der Waals surface area contributed by atoms with Crippen molar-refractivity contribution in [2.75, 3.05) is 7.11 Å². The highest BCUT2D eigenvalue weighted by atomic mass is 16.5. The van der Waals surface area contributed by atoms with Crippen molar-refractivity contribution in [3.63, 3.8) is 0 Å². The molecule has 0 aromatic carbocycles. The summed E-state index contributed by atoms with van der Waals surface area (Å²) in [4.78, 5) is 10.7. The van der Waals surface area contributed by atoms with Gasteiger partial charge in [-0.25, -0.2) is 0 Å². The Labute approximate surface area is 61.6 Å². The molecule has 0 saturated heterocycles. The molecule has 0 spiro atoms. The monoisotopic (exact) mass is 142 g/mol. The number of esters is 1. The van der Waals surface area contributed by atoms with Gasteiger partial charge in [-0.15, -0.1) is 0 Å². The highest BCUT2D eigenvalue weighted by Crippen LogP contribution is 2.43. The van der Waals surface area contributed by atoms with Crippen molar-refractivity contribution in [1.29, 1.82) is 0 Å². The summed E-state index contributed by atoms with van der Waals surface area (Å²) in [6.45, 7) is 2.17. The first-order chi connectivity index (χ1) is 4.77. The average molecular weight is 142 g/mol. The zero-order valence-electron chi connectivity index (χ0n) is 6.59. The summed E-state index contributed by atoms with van der Waals surface area (Å²) < 4.78 is 4.55. The molecular formula is C8H14O2. The summed E-state index contributed by atoms with van der Waals surface area (Å²) in [7, 11) is 1.45. The fourth-order valence-electron chi connectivity index (χ4n) is 1.36. The predicted molar refractivity (Wildman–Crippen MR) is 38.5 cm³/mol. The third-order valence-corrected chi connectivity index (χ3v) is 2.25. The fourth-order valence-corrected chi connectivity index (χ4v) is 1.36. The SMILES string of the molecule is CC[C@H]1C[C@H]1CC(=O)OC. The minimum Gasteiger partial charge on any atom is -0.469 e. The average Bonchev–Trinajstić information content (AvgIpc) is 2.67. The first kappa shape index (κ1) is 7.58. The normalized spacial score (nSPS) is 29.8. The molecule has 0 N–H and O–H groups in total. The Kier molecular flexibility index (Phi) is 2.30. The maximum Gasteiger partial charge on any atom is 0.305 e. The number of ether oxygens (including phenoxy) is 1. The molecule has 10 heavy (non-hydrogen) atoms. The van der Waals surface area contributed by atoms with E-state index in [1.807, 2.05) is 0 Å². The second kappa shape index (κ2) is 3.04. The van der Waals surface area contributed by atoms with E-state index in [0.29, 0.717) is 12.3 Å². The van der Waals surface area contributed by atoms with E-state index in [1.54, 1.807) is 0 Å². The van der Waals surface area contributed by atoms with Crippen LogP contribution in [0.25, 0.3) is 0 Å². The van der Waals surface area contributed by atoms with Crippen molar-refractivity contribution in [2.45, 2.75) is 26.2 Å². The zero-order valence-corrected chi connectivity index (χ0v) is 6.59. The first-order valence-corrected chi connectivity index (χ1v) is 3.84. The van der Waals surface area contributed by atoms with E-state index in [4.69, 9.17) is 0 Å². The molecule has 58 valence electrons. The minimum absolute atomic E-state index is 0.0547. The van der Waals surface area contributed by atoms with E-state index in [9.17, 15) is 4.79 Å². The van der Waals surface area contributed by atoms with Gasteiger partial charge in [0.05, 0.1) is 7.11 Å². The van der Waals surface area contributed by atoms with Crippen LogP contribution < -0.4 is 0 Å². The summed E-state index contributed by atoms with van der Waals surface area (Å²) in [6.07, 6.45) is 3.07. The van der Waals surface area contributed by atoms with Crippen LogP contribution in [0.5, 0.6) is 0 Å². The van der Waals surface area contributed by atoms with Gasteiger partial charge < -0.3 is 4.74 Å². The lowest BCUT2D eigenvalue weighted by Crippen LogP contribution is -2.01. The topological polar surface area (TPSA) is 26.3 Å². The van der Waals surface area contributed by atoms with Crippen molar-refractivity contribution >= 4 is 5.97 Å². The Hall–Kier alpha value is -0.530. The van der Waals surface area contributed by atoms with Gasteiger partial charge in [0.25, 0.3) is 0 Å². The summed E-state index contributed by atoms with van der Waals surface area (Å²) in [5.74, 6) is 1.39. The van der Waals surface area contributed by atoms with Gasteiger partial charge in [-0.2, -0.15) is 0 Å². The Bertz CT molecular complexity index is 131. The molecule has 0 amide bonds. The van der Waals surface area contributed by atoms with E-state index >= 15 is 0 Å². The summed E-state index contributed by atoms with van der Waals surface area (Å²) in [5.41, 5.74) is 0. The van der Waals surface area contributed by atoms with Crippen LogP contribution in [0.15, 0.2) is 0 Å². The summed E-state index contributed by atoms with van der Waals surface area (Å²) in [5, 5.41) is 0. The van der Waals surface area contributed by atoms with Gasteiger partial charge in [0.2, 0.25) is 0 Å². The van der Waals surface area contributed by atoms with Crippen LogP contribution >= 0.6 is 0 Å². The molecule has 1 rings (SSSR count). The van der Waals surface area contributed by atoms with Gasteiger partial charge in [0.1, 0.15) is 0 Å². The standard InChI is InChI=1S/C8H14O2/c1-3-6-4-7(6)5-8(9)10-2/h6-7H,3-5H2,1-2H3/t6-,7-/m0/s1. The molecule has 1 fully saturated rings. The third kappa shape index (κ3) is 1.72. The molecular weight excluding hydrogens is 128 g/mol. The van der Waals surface area contributed by atoms with Gasteiger partial charge in [0, 0.05) is 6.42 Å². The Morgan fingerprint density at radius 2 is 2.30 bits per heavy atom. The second-order valence-corrected chi connectivity index (χ2v) is 2.94. The van der Waals surface area contributed by atoms with Crippen LogP contribution in [0.1, 0.15) is 26.2 Å². The molecule has 0 heterocycles. The van der Waals surface area contributed by atoms with Crippen molar-refractivity contribution in [2.24, 2.45) is 11.8 Å². The maximum absolute atomic E-state index is 10.7. The molecule has 0 unspecified atom stereocenters. The highest BCUT2D eigenvalue weighted by Gasteiger charge is 2.36. The summed E-state index contributed by atoms with van der Waals surface area (Å²) >= 11 is 0. The molecule has 2 atom stereocenters. The molecule has 0 aromatic heterocycles. The van der Waals surface area contributed by atoms with E-state index in [0.717, 1.165) is 5.92 Å². The Morgan fingerprint density at radius 1 is 1.60 bits per heavy atom. The quantitative estimate of drug-likeness (QED) is 0.559. The molecule has 2 nitrogen and oxygen atoms in total. The molecule has 1 saturated carbocycles. The number of hydrogen-bond acceptors (Lipinski definition) is 2. The van der Waals surface area contributed by atoms with E-state index in [-0.39, 0.29) is 5.97 Å². The largest absolute Gasteiger partial charge is 0.469 e. The Morgan fingerprint density at radius 3 is 2.70 bits per heavy atom. The molecule has 1 aliphatic rings. The predicted octanol–water partition coefficient (Wildman–Crippen LogP) is 1.60. The molecule has 2 heteroatoms. The minimum atomic E-state index is -0.0547. The van der Waals surface area contributed by atoms with Crippen molar-refractivity contribution in [1.82, 2.24) is 0 Å². The van der Waals surface area contributed by atoms with Crippen LogP contribution in [-0.4, -0.2) is 13.1 Å². The van der Waals surface area contributed by atoms with Gasteiger partial charge >= 0.3 is 5.97 Å². The van der Waals surface area contributed by atoms with Gasteiger partial charge in [-0.1, -0.05) is 13.3 Å². The number of rotatable bonds is 3. The molecule has 1 aliphatic carbocycles. The van der Waals surface area contributed by atoms with Crippen LogP contribution in [0.4, 0.5) is 0 Å². The lowest BCUT2D eigenvalue weighted by molar-refractivity contribution is -0.141. The fraction of sp³-hybridized carbons (Fsp3) is 0.875. The van der Waals surface area contributed by atoms with E-state index < -0.39 is 0 Å². The highest BCUT2D eigenvalue weighted by molar-refractivity contribution is 5.69. The Balaban J connectivity index is 2.11. The van der Waals surface area contributed by atoms with Crippen LogP contribution in [-0.2, 0) is 9.53 Å². The zero-order chi connectivity index (χ0) is 7.56. The summed E-state index contributed by atoms with van der Waals surface area (Å²) in [6, 6.07) is 0. The van der Waals surface area contributed by atoms with Crippen molar-refractivity contribution < 1.29 is 9.53 Å². The van der Waals surface area contributed by atoms with Crippen molar-refractivity contribution in [3.8, 4) is 0 Å². The molecule has 0 bridgehead atoms. The molecule has 0 aliphatic heterocycles. The maximum atomic E-state index is 10.7. The van der Waals surface area contributed by atoms with Crippen LogP contribution in [0, 0.1) is 11.8 Å². The lowest BCUT2D eigenvalue weighted by atomic mass is 10.2. The number of methoxy groups -OCH3 is 1. The van der Waals surface area contributed by atoms with E-state index in [2.05, 4.69) is 11.7 Å². The van der Waals surface area contributed by atoms with Crippen LogP contribution in [0.2, 0.25) is 0 Å².